The monoisotopic (exact) mass is 361 g/mol. The first-order valence-electron chi connectivity index (χ1n) is 8.58. The summed E-state index contributed by atoms with van der Waals surface area (Å²) in [6, 6.07) is 17.2. The Morgan fingerprint density at radius 3 is 2.56 bits per heavy atom. The van der Waals surface area contributed by atoms with Gasteiger partial charge in [-0.3, -0.25) is 4.57 Å². The van der Waals surface area contributed by atoms with Gasteiger partial charge in [-0.05, 0) is 50.1 Å². The lowest BCUT2D eigenvalue weighted by atomic mass is 10.2. The molecule has 1 saturated heterocycles. The van der Waals surface area contributed by atoms with Crippen LogP contribution in [-0.4, -0.2) is 19.3 Å². The molecule has 6 heteroatoms. The summed E-state index contributed by atoms with van der Waals surface area (Å²) in [5.74, 6) is 0.204. The second-order valence-corrected chi connectivity index (χ2v) is 8.06. The minimum Gasteiger partial charge on any atom is -0.494 e. The minimum atomic E-state index is -3.35. The Hall–Kier alpha value is -1.81. The molecular formula is C19H24NO4P. The summed E-state index contributed by atoms with van der Waals surface area (Å²) in [7, 11) is -3.35. The SMILES string of the molecule is CCOc1ccc([C@@H](Nc2ccccc2)[P@@]2(=O)OCC[C@H](C)O2)cc1. The Balaban J connectivity index is 1.92. The summed E-state index contributed by atoms with van der Waals surface area (Å²) >= 11 is 0. The van der Waals surface area contributed by atoms with Gasteiger partial charge in [0.05, 0.1) is 19.3 Å². The zero-order valence-electron chi connectivity index (χ0n) is 14.6. The quantitative estimate of drug-likeness (QED) is 0.716. The summed E-state index contributed by atoms with van der Waals surface area (Å²) in [4.78, 5) is 0. The molecule has 3 atom stereocenters. The van der Waals surface area contributed by atoms with Crippen molar-refractivity contribution in [2.75, 3.05) is 18.5 Å². The second-order valence-electron chi connectivity index (χ2n) is 5.99. The first kappa shape index (κ1) is 18.0. The Morgan fingerprint density at radius 2 is 1.92 bits per heavy atom. The van der Waals surface area contributed by atoms with Crippen LogP contribution in [0.2, 0.25) is 0 Å². The molecule has 1 fully saturated rings. The maximum absolute atomic E-state index is 13.4. The molecule has 1 N–H and O–H groups in total. The second kappa shape index (κ2) is 8.05. The van der Waals surface area contributed by atoms with Gasteiger partial charge in [0.2, 0.25) is 0 Å². The van der Waals surface area contributed by atoms with E-state index in [2.05, 4.69) is 5.32 Å². The average Bonchev–Trinajstić information content (AvgIpc) is 2.61. The maximum atomic E-state index is 13.4. The van der Waals surface area contributed by atoms with Gasteiger partial charge in [-0.25, -0.2) is 0 Å². The molecule has 2 aromatic rings. The molecule has 5 nitrogen and oxygen atoms in total. The van der Waals surface area contributed by atoms with Crippen LogP contribution in [-0.2, 0) is 13.6 Å². The first-order valence-corrected chi connectivity index (χ1v) is 10.2. The van der Waals surface area contributed by atoms with E-state index in [1.54, 1.807) is 0 Å². The van der Waals surface area contributed by atoms with Gasteiger partial charge in [0, 0.05) is 5.69 Å². The fraction of sp³-hybridized carbons (Fsp3) is 0.368. The molecule has 134 valence electrons. The van der Waals surface area contributed by atoms with E-state index in [9.17, 15) is 4.57 Å². The minimum absolute atomic E-state index is 0.0950. The van der Waals surface area contributed by atoms with Crippen molar-refractivity contribution >= 4 is 13.3 Å². The average molecular weight is 361 g/mol. The zero-order valence-corrected chi connectivity index (χ0v) is 15.4. The molecule has 0 amide bonds. The van der Waals surface area contributed by atoms with Gasteiger partial charge in [-0.2, -0.15) is 0 Å². The lowest BCUT2D eigenvalue weighted by molar-refractivity contribution is 0.0887. The molecule has 1 heterocycles. The van der Waals surface area contributed by atoms with Crippen molar-refractivity contribution in [3.8, 4) is 5.75 Å². The third-order valence-corrected chi connectivity index (χ3v) is 6.28. The van der Waals surface area contributed by atoms with E-state index in [0.717, 1.165) is 23.4 Å². The number of hydrogen-bond donors (Lipinski definition) is 1. The van der Waals surface area contributed by atoms with E-state index in [-0.39, 0.29) is 6.10 Å². The first-order chi connectivity index (χ1) is 12.1. The predicted molar refractivity (Wildman–Crippen MR) is 99.1 cm³/mol. The Morgan fingerprint density at radius 1 is 1.20 bits per heavy atom. The van der Waals surface area contributed by atoms with Crippen LogP contribution in [0.1, 0.15) is 31.6 Å². The Kier molecular flexibility index (Phi) is 5.79. The number of rotatable bonds is 6. The van der Waals surface area contributed by atoms with Gasteiger partial charge >= 0.3 is 7.60 Å². The molecular weight excluding hydrogens is 337 g/mol. The fourth-order valence-electron chi connectivity index (χ4n) is 2.77. The molecule has 3 rings (SSSR count). The maximum Gasteiger partial charge on any atom is 0.357 e. The molecule has 0 aromatic heterocycles. The number of ether oxygens (including phenoxy) is 1. The van der Waals surface area contributed by atoms with Crippen LogP contribution in [0, 0.1) is 0 Å². The molecule has 1 aliphatic rings. The van der Waals surface area contributed by atoms with Crippen LogP contribution in [0.4, 0.5) is 5.69 Å². The van der Waals surface area contributed by atoms with E-state index >= 15 is 0 Å². The van der Waals surface area contributed by atoms with Crippen molar-refractivity contribution in [2.45, 2.75) is 32.2 Å². The van der Waals surface area contributed by atoms with Crippen molar-refractivity contribution in [3.63, 3.8) is 0 Å². The van der Waals surface area contributed by atoms with Crippen molar-refractivity contribution in [2.24, 2.45) is 0 Å². The van der Waals surface area contributed by atoms with Gasteiger partial charge in [-0.1, -0.05) is 30.3 Å². The molecule has 0 radical (unpaired) electrons. The topological polar surface area (TPSA) is 56.8 Å². The third-order valence-electron chi connectivity index (χ3n) is 4.02. The molecule has 0 aliphatic carbocycles. The number of benzene rings is 2. The summed E-state index contributed by atoms with van der Waals surface area (Å²) < 4.78 is 30.3. The summed E-state index contributed by atoms with van der Waals surface area (Å²) in [5, 5.41) is 3.32. The van der Waals surface area contributed by atoms with E-state index in [1.807, 2.05) is 68.4 Å². The van der Waals surface area contributed by atoms with E-state index in [4.69, 9.17) is 13.8 Å². The normalized spacial score (nSPS) is 24.5. The van der Waals surface area contributed by atoms with Gasteiger partial charge < -0.3 is 19.1 Å². The van der Waals surface area contributed by atoms with Gasteiger partial charge in [0.25, 0.3) is 0 Å². The Bertz CT molecular complexity index is 720. The molecule has 0 spiro atoms. The van der Waals surface area contributed by atoms with Crippen molar-refractivity contribution < 1.29 is 18.3 Å². The van der Waals surface area contributed by atoms with Crippen LogP contribution >= 0.6 is 7.60 Å². The standard InChI is InChI=1S/C19H24NO4P/c1-3-22-18-11-9-16(10-12-18)19(20-17-7-5-4-6-8-17)25(21)23-14-13-15(2)24-25/h4-12,15,19-20H,3,13-14H2,1-2H3/t15-,19-,25+/m0/s1. The number of para-hydroxylation sites is 1. The summed E-state index contributed by atoms with van der Waals surface area (Å²) in [5.41, 5.74) is 1.70. The number of anilines is 1. The van der Waals surface area contributed by atoms with Crippen LogP contribution < -0.4 is 10.1 Å². The van der Waals surface area contributed by atoms with E-state index in [0.29, 0.717) is 13.2 Å². The molecule has 25 heavy (non-hydrogen) atoms. The van der Waals surface area contributed by atoms with Crippen LogP contribution in [0.5, 0.6) is 5.75 Å². The third kappa shape index (κ3) is 4.43. The number of nitrogens with one attached hydrogen (secondary N) is 1. The molecule has 0 unspecified atom stereocenters. The molecule has 2 aromatic carbocycles. The van der Waals surface area contributed by atoms with Crippen LogP contribution in [0.25, 0.3) is 0 Å². The fourth-order valence-corrected chi connectivity index (χ4v) is 4.91. The lowest BCUT2D eigenvalue weighted by Crippen LogP contribution is -2.23. The number of hydrogen-bond acceptors (Lipinski definition) is 5. The van der Waals surface area contributed by atoms with E-state index < -0.39 is 13.4 Å². The summed E-state index contributed by atoms with van der Waals surface area (Å²) in [6.07, 6.45) is 0.646. The highest BCUT2D eigenvalue weighted by molar-refractivity contribution is 7.54. The zero-order chi connectivity index (χ0) is 17.7. The highest BCUT2D eigenvalue weighted by atomic mass is 31.2. The van der Waals surface area contributed by atoms with Crippen molar-refractivity contribution in [3.05, 3.63) is 60.2 Å². The van der Waals surface area contributed by atoms with Gasteiger partial charge in [0.1, 0.15) is 5.75 Å². The summed E-state index contributed by atoms with van der Waals surface area (Å²) in [6.45, 7) is 4.90. The smallest absolute Gasteiger partial charge is 0.357 e. The molecule has 0 bridgehead atoms. The molecule has 1 aliphatic heterocycles. The highest BCUT2D eigenvalue weighted by Crippen LogP contribution is 2.63. The van der Waals surface area contributed by atoms with Crippen molar-refractivity contribution in [1.29, 1.82) is 0 Å². The highest BCUT2D eigenvalue weighted by Gasteiger charge is 2.41. The Labute approximate surface area is 148 Å². The van der Waals surface area contributed by atoms with Crippen LogP contribution in [0.15, 0.2) is 54.6 Å². The predicted octanol–water partition coefficient (Wildman–Crippen LogP) is 5.21. The van der Waals surface area contributed by atoms with Crippen molar-refractivity contribution in [1.82, 2.24) is 0 Å². The lowest BCUT2D eigenvalue weighted by Gasteiger charge is -2.34. The molecule has 0 saturated carbocycles. The van der Waals surface area contributed by atoms with Gasteiger partial charge in [-0.15, -0.1) is 0 Å². The largest absolute Gasteiger partial charge is 0.494 e. The van der Waals surface area contributed by atoms with Crippen LogP contribution in [0.3, 0.4) is 0 Å². The van der Waals surface area contributed by atoms with Gasteiger partial charge in [0.15, 0.2) is 5.78 Å². The van der Waals surface area contributed by atoms with E-state index in [1.165, 1.54) is 0 Å².